The minimum absolute atomic E-state index is 0.0971. The van der Waals surface area contributed by atoms with Crippen LogP contribution in [0.5, 0.6) is 0 Å². The normalized spacial score (nSPS) is 19.9. The zero-order valence-corrected chi connectivity index (χ0v) is 20.5. The van der Waals surface area contributed by atoms with Gasteiger partial charge in [0.1, 0.15) is 11.4 Å². The predicted octanol–water partition coefficient (Wildman–Crippen LogP) is 3.83. The Kier molecular flexibility index (Phi) is 5.78. The van der Waals surface area contributed by atoms with Crippen molar-refractivity contribution >= 4 is 23.4 Å². The Bertz CT molecular complexity index is 1440. The van der Waals surface area contributed by atoms with Crippen molar-refractivity contribution < 1.29 is 27.2 Å². The van der Waals surface area contributed by atoms with Crippen molar-refractivity contribution in [3.05, 3.63) is 52.3 Å². The van der Waals surface area contributed by atoms with Gasteiger partial charge < -0.3 is 10.6 Å². The lowest BCUT2D eigenvalue weighted by atomic mass is 9.90. The zero-order valence-electron chi connectivity index (χ0n) is 19.7. The number of nitrogens with zero attached hydrogens (tertiary/aromatic N) is 4. The fourth-order valence-corrected chi connectivity index (χ4v) is 4.97. The van der Waals surface area contributed by atoms with Crippen LogP contribution in [0.4, 0.5) is 17.6 Å². The number of aromatic nitrogens is 4. The third kappa shape index (κ3) is 4.54. The Labute approximate surface area is 213 Å². The van der Waals surface area contributed by atoms with Gasteiger partial charge in [0.2, 0.25) is 11.7 Å². The largest absolute Gasteiger partial charge is 0.471 e. The maximum Gasteiger partial charge on any atom is 0.471 e. The number of alkyl halides is 3. The van der Waals surface area contributed by atoms with Crippen LogP contribution < -0.4 is 10.6 Å². The molecule has 0 radical (unpaired) electrons. The molecule has 37 heavy (non-hydrogen) atoms. The highest BCUT2D eigenvalue weighted by Gasteiger charge is 2.56. The van der Waals surface area contributed by atoms with Gasteiger partial charge in [-0.25, -0.2) is 4.39 Å². The molecule has 1 fully saturated rings. The molecule has 0 saturated heterocycles. The molecule has 1 aromatic heterocycles. The maximum absolute atomic E-state index is 15.0. The summed E-state index contributed by atoms with van der Waals surface area (Å²) in [4.78, 5) is 25.6. The van der Waals surface area contributed by atoms with E-state index in [0.29, 0.717) is 24.0 Å². The number of carbonyl (C=O) groups is 2. The van der Waals surface area contributed by atoms with E-state index in [9.17, 15) is 27.2 Å². The topological polar surface area (TPSA) is 102 Å². The van der Waals surface area contributed by atoms with Crippen molar-refractivity contribution in [3.63, 3.8) is 0 Å². The number of tetrazole rings is 1. The lowest BCUT2D eigenvalue weighted by Crippen LogP contribution is -2.56. The molecule has 0 bridgehead atoms. The van der Waals surface area contributed by atoms with Gasteiger partial charge in [-0.1, -0.05) is 29.8 Å². The molecule has 3 aromatic rings. The molecule has 1 unspecified atom stereocenters. The highest BCUT2D eigenvalue weighted by molar-refractivity contribution is 6.31. The van der Waals surface area contributed by atoms with E-state index in [1.807, 2.05) is 11.4 Å². The Hall–Kier alpha value is -3.54. The van der Waals surface area contributed by atoms with Crippen molar-refractivity contribution in [2.24, 2.45) is 7.05 Å². The van der Waals surface area contributed by atoms with Crippen LogP contribution in [0.2, 0.25) is 5.02 Å². The number of aryl methyl sites for hydroxylation is 2. The molecule has 1 saturated carbocycles. The molecule has 2 aliphatic carbocycles. The van der Waals surface area contributed by atoms with Crippen LogP contribution >= 0.6 is 11.6 Å². The van der Waals surface area contributed by atoms with Crippen LogP contribution in [0.25, 0.3) is 22.5 Å². The lowest BCUT2D eigenvalue weighted by molar-refractivity contribution is -0.175. The summed E-state index contributed by atoms with van der Waals surface area (Å²) in [5.74, 6) is -3.30. The highest BCUT2D eigenvalue weighted by atomic mass is 35.5. The average molecular weight is 537 g/mol. The zero-order chi connectivity index (χ0) is 26.8. The number of hydrogen-bond donors (Lipinski definition) is 2. The van der Waals surface area contributed by atoms with Gasteiger partial charge in [-0.05, 0) is 72.2 Å². The van der Waals surface area contributed by atoms with E-state index in [2.05, 4.69) is 20.7 Å². The Morgan fingerprint density at radius 1 is 1.11 bits per heavy atom. The number of fused-ring (bicyclic) bond motifs is 1. The molecular formula is C24H21ClF4N6O2. The molecular weight excluding hydrogens is 516 g/mol. The first-order valence-corrected chi connectivity index (χ1v) is 11.8. The third-order valence-electron chi connectivity index (χ3n) is 6.88. The van der Waals surface area contributed by atoms with Crippen molar-refractivity contribution in [1.82, 2.24) is 30.8 Å². The van der Waals surface area contributed by atoms with Gasteiger partial charge in [-0.2, -0.15) is 18.0 Å². The van der Waals surface area contributed by atoms with E-state index in [1.165, 1.54) is 10.9 Å². The second kappa shape index (κ2) is 8.51. The third-order valence-corrected chi connectivity index (χ3v) is 7.09. The molecule has 2 amide bonds. The van der Waals surface area contributed by atoms with E-state index >= 15 is 0 Å². The molecule has 2 aromatic carbocycles. The monoisotopic (exact) mass is 536 g/mol. The number of rotatable bonds is 5. The summed E-state index contributed by atoms with van der Waals surface area (Å²) in [7, 11) is 1.56. The first-order chi connectivity index (χ1) is 17.3. The van der Waals surface area contributed by atoms with Gasteiger partial charge in [0.25, 0.3) is 0 Å². The summed E-state index contributed by atoms with van der Waals surface area (Å²) < 4.78 is 53.1. The molecule has 1 atom stereocenters. The average Bonchev–Trinajstić information content (AvgIpc) is 3.36. The van der Waals surface area contributed by atoms with Crippen molar-refractivity contribution in [3.8, 4) is 22.5 Å². The summed E-state index contributed by atoms with van der Waals surface area (Å²) >= 11 is 6.15. The maximum atomic E-state index is 15.0. The van der Waals surface area contributed by atoms with E-state index in [1.54, 1.807) is 32.2 Å². The molecule has 0 spiro atoms. The molecule has 194 valence electrons. The molecule has 13 heteroatoms. The standard InChI is InChI=1S/C24H21ClF4N6O2/c1-22(30-20(36)23(7-8-23)31-21(37)24(27,28)29)6-5-13-9-12(3-4-16(13)22)15-10-14(25)11-17(26)18(15)19-32-34-35(2)33-19/h3-4,9-11H,5-8H2,1-2H3,(H,30,36)(H,31,37). The smallest absolute Gasteiger partial charge is 0.345 e. The van der Waals surface area contributed by atoms with Crippen LogP contribution in [0.1, 0.15) is 37.3 Å². The summed E-state index contributed by atoms with van der Waals surface area (Å²) in [5.41, 5.74) is 0.488. The Balaban J connectivity index is 1.44. The van der Waals surface area contributed by atoms with Gasteiger partial charge in [0.15, 0.2) is 0 Å². The molecule has 8 nitrogen and oxygen atoms in total. The van der Waals surface area contributed by atoms with E-state index in [4.69, 9.17) is 11.6 Å². The molecule has 2 N–H and O–H groups in total. The first kappa shape index (κ1) is 25.1. The van der Waals surface area contributed by atoms with Crippen LogP contribution in [0, 0.1) is 5.82 Å². The van der Waals surface area contributed by atoms with Crippen molar-refractivity contribution in [2.75, 3.05) is 0 Å². The van der Waals surface area contributed by atoms with E-state index < -0.39 is 34.9 Å². The second-order valence-electron chi connectivity index (χ2n) is 9.60. The van der Waals surface area contributed by atoms with Crippen LogP contribution in [-0.4, -0.2) is 43.7 Å². The second-order valence-corrected chi connectivity index (χ2v) is 10.0. The molecule has 0 aliphatic heterocycles. The van der Waals surface area contributed by atoms with Crippen LogP contribution in [-0.2, 0) is 28.6 Å². The van der Waals surface area contributed by atoms with Gasteiger partial charge in [-0.3, -0.25) is 9.59 Å². The van der Waals surface area contributed by atoms with Crippen LogP contribution in [0.15, 0.2) is 30.3 Å². The Morgan fingerprint density at radius 3 is 2.46 bits per heavy atom. The highest BCUT2D eigenvalue weighted by Crippen LogP contribution is 2.43. The van der Waals surface area contributed by atoms with Gasteiger partial charge in [-0.15, -0.1) is 10.2 Å². The number of hydrogen-bond acceptors (Lipinski definition) is 5. The number of benzene rings is 2. The number of carbonyl (C=O) groups excluding carboxylic acids is 2. The minimum atomic E-state index is -5.07. The predicted molar refractivity (Wildman–Crippen MR) is 125 cm³/mol. The quantitative estimate of drug-likeness (QED) is 0.483. The number of halogens is 5. The SMILES string of the molecule is Cn1nnc(-c2c(F)cc(Cl)cc2-c2ccc3c(c2)CCC3(C)NC(=O)C2(NC(=O)C(F)(F)F)CC2)n1. The first-order valence-electron chi connectivity index (χ1n) is 11.4. The van der Waals surface area contributed by atoms with Crippen LogP contribution in [0.3, 0.4) is 0 Å². The van der Waals surface area contributed by atoms with Gasteiger partial charge in [0, 0.05) is 5.02 Å². The van der Waals surface area contributed by atoms with Gasteiger partial charge >= 0.3 is 12.1 Å². The summed E-state index contributed by atoms with van der Waals surface area (Å²) in [6.07, 6.45) is -3.77. The lowest BCUT2D eigenvalue weighted by Gasteiger charge is -2.30. The number of nitrogens with one attached hydrogen (secondary N) is 2. The Morgan fingerprint density at radius 2 is 1.84 bits per heavy atom. The summed E-state index contributed by atoms with van der Waals surface area (Å²) in [6, 6.07) is 8.17. The van der Waals surface area contributed by atoms with Crippen molar-refractivity contribution in [1.29, 1.82) is 0 Å². The summed E-state index contributed by atoms with van der Waals surface area (Å²) in [5, 5.41) is 16.7. The molecule has 1 heterocycles. The van der Waals surface area contributed by atoms with E-state index in [0.717, 1.165) is 11.1 Å². The fourth-order valence-electron chi connectivity index (χ4n) is 4.76. The van der Waals surface area contributed by atoms with Crippen molar-refractivity contribution in [2.45, 2.75) is 49.9 Å². The summed E-state index contributed by atoms with van der Waals surface area (Å²) in [6.45, 7) is 1.78. The number of amides is 2. The van der Waals surface area contributed by atoms with E-state index in [-0.39, 0.29) is 29.3 Å². The molecule has 2 aliphatic rings. The minimum Gasteiger partial charge on any atom is -0.345 e. The fraction of sp³-hybridized carbons (Fsp3) is 0.375. The van der Waals surface area contributed by atoms with Gasteiger partial charge in [0.05, 0.1) is 18.2 Å². The molecule has 5 rings (SSSR count).